The Hall–Kier alpha value is -3.12. The summed E-state index contributed by atoms with van der Waals surface area (Å²) in [7, 11) is 0. The second-order valence-corrected chi connectivity index (χ2v) is 14.2. The molecule has 5 N–H and O–H groups in total. The summed E-state index contributed by atoms with van der Waals surface area (Å²) in [4.78, 5) is 27.1. The number of benzene rings is 1. The lowest BCUT2D eigenvalue weighted by Crippen LogP contribution is -2.76. The highest BCUT2D eigenvalue weighted by atomic mass is 32.2. The minimum atomic E-state index is -1.49. The highest BCUT2D eigenvalue weighted by Crippen LogP contribution is 2.69. The highest BCUT2D eigenvalue weighted by Gasteiger charge is 2.70. The topological polar surface area (TPSA) is 150 Å². The maximum Gasteiger partial charge on any atom is 0.378 e. The molecule has 0 spiro atoms. The number of nitrogens with zero attached hydrogens (tertiary/aromatic N) is 1. The van der Waals surface area contributed by atoms with Gasteiger partial charge in [-0.25, -0.2) is 9.18 Å². The number of carbonyl (C=O) groups excluding carboxylic acids is 2. The molecule has 234 valence electrons. The summed E-state index contributed by atoms with van der Waals surface area (Å²) in [6, 6.07) is 7.70. The zero-order chi connectivity index (χ0) is 31.3. The molecule has 9 nitrogen and oxygen atoms in total. The van der Waals surface area contributed by atoms with Gasteiger partial charge in [0.25, 0.3) is 0 Å². The fourth-order valence-electron chi connectivity index (χ4n) is 9.04. The van der Waals surface area contributed by atoms with Crippen LogP contribution in [0.3, 0.4) is 0 Å². The Kier molecular flexibility index (Phi) is 8.19. The van der Waals surface area contributed by atoms with E-state index in [1.165, 1.54) is 36.2 Å². The molecule has 0 amide bonds. The van der Waals surface area contributed by atoms with Gasteiger partial charge in [0, 0.05) is 41.2 Å². The van der Waals surface area contributed by atoms with Gasteiger partial charge in [0.15, 0.2) is 5.60 Å². The number of thioether (sulfide) groups is 1. The normalized spacial score (nSPS) is 34.4. The summed E-state index contributed by atoms with van der Waals surface area (Å²) in [5.41, 5.74) is 1.15. The van der Waals surface area contributed by atoms with E-state index in [4.69, 9.17) is 14.7 Å². The number of halogens is 1. The fourth-order valence-corrected chi connectivity index (χ4v) is 9.93. The largest absolute Gasteiger partial charge is 0.444 e. The Balaban J connectivity index is 1.32. The molecule has 0 bridgehead atoms. The van der Waals surface area contributed by atoms with Crippen molar-refractivity contribution in [2.24, 2.45) is 28.6 Å². The van der Waals surface area contributed by atoms with E-state index < -0.39 is 28.5 Å². The predicted molar refractivity (Wildman–Crippen MR) is 161 cm³/mol. The maximum absolute atomic E-state index is 13.9. The van der Waals surface area contributed by atoms with Crippen LogP contribution in [-0.2, 0) is 9.53 Å². The van der Waals surface area contributed by atoms with Crippen LogP contribution in [0.15, 0.2) is 64.0 Å². The number of aliphatic hydroxyl groups excluding tert-OH is 2. The number of fused-ring (bicyclic) bond motifs is 5. The third kappa shape index (κ3) is 4.88. The average Bonchev–Trinajstić information content (AvgIpc) is 3.64. The quantitative estimate of drug-likeness (QED) is 0.193. The molecule has 6 rings (SSSR count). The number of rotatable bonds is 8. The average molecular weight is 625 g/mol. The van der Waals surface area contributed by atoms with Gasteiger partial charge in [-0.05, 0) is 79.9 Å². The molecular weight excluding hydrogens is 585 g/mol. The summed E-state index contributed by atoms with van der Waals surface area (Å²) in [6.07, 6.45) is 7.57. The van der Waals surface area contributed by atoms with Gasteiger partial charge in [0.05, 0.1) is 18.9 Å². The number of aliphatic hydroxyl groups is 2. The van der Waals surface area contributed by atoms with Crippen molar-refractivity contribution in [2.45, 2.75) is 64.1 Å². The smallest absolute Gasteiger partial charge is 0.378 e. The van der Waals surface area contributed by atoms with E-state index in [2.05, 4.69) is 18.2 Å². The van der Waals surface area contributed by atoms with Crippen LogP contribution in [0.4, 0.5) is 10.1 Å². The van der Waals surface area contributed by atoms with Crippen molar-refractivity contribution in [2.75, 3.05) is 12.4 Å². The zero-order valence-corrected chi connectivity index (χ0v) is 25.7. The third-order valence-electron chi connectivity index (χ3n) is 11.0. The monoisotopic (exact) mass is 624 g/mol. The van der Waals surface area contributed by atoms with Crippen LogP contribution in [0.1, 0.15) is 62.9 Å². The molecular formula is C33H39FN3O6S+. The number of aromatic nitrogens is 1. The van der Waals surface area contributed by atoms with Crippen LogP contribution in [0.2, 0.25) is 0 Å². The second kappa shape index (κ2) is 11.7. The van der Waals surface area contributed by atoms with Gasteiger partial charge in [0.1, 0.15) is 17.2 Å². The van der Waals surface area contributed by atoms with Crippen molar-refractivity contribution in [3.8, 4) is 0 Å². The predicted octanol–water partition coefficient (Wildman–Crippen LogP) is 4.30. The van der Waals surface area contributed by atoms with Gasteiger partial charge in [-0.15, -0.1) is 0 Å². The molecule has 0 aliphatic heterocycles. The van der Waals surface area contributed by atoms with Crippen molar-refractivity contribution in [1.29, 1.82) is 5.41 Å². The van der Waals surface area contributed by atoms with Crippen LogP contribution < -0.4 is 5.32 Å². The van der Waals surface area contributed by atoms with Gasteiger partial charge in [-0.2, -0.15) is 0 Å². The van der Waals surface area contributed by atoms with Gasteiger partial charge >= 0.3 is 5.97 Å². The lowest BCUT2D eigenvalue weighted by atomic mass is 9.45. The lowest BCUT2D eigenvalue weighted by molar-refractivity contribution is -0.513. The van der Waals surface area contributed by atoms with Crippen molar-refractivity contribution in [3.05, 3.63) is 71.0 Å². The van der Waals surface area contributed by atoms with E-state index in [1.807, 2.05) is 12.2 Å². The first-order valence-electron chi connectivity index (χ1n) is 15.2. The Morgan fingerprint density at radius 3 is 2.70 bits per heavy atom. The summed E-state index contributed by atoms with van der Waals surface area (Å²) in [5, 5.41) is 35.1. The fraction of sp³-hybridized carbons (Fsp3) is 0.515. The molecule has 2 unspecified atom stereocenters. The lowest BCUT2D eigenvalue weighted by Gasteiger charge is -2.60. The number of allylic oxidation sites excluding steroid dienone is 3. The van der Waals surface area contributed by atoms with Crippen LogP contribution in [0.25, 0.3) is 0 Å². The van der Waals surface area contributed by atoms with E-state index in [0.29, 0.717) is 19.3 Å². The minimum Gasteiger partial charge on any atom is -0.444 e. The number of hydrogen-bond acceptors (Lipinski definition) is 9. The summed E-state index contributed by atoms with van der Waals surface area (Å²) in [5.74, 6) is -1.00. The molecule has 3 fully saturated rings. The Morgan fingerprint density at radius 1 is 1.25 bits per heavy atom. The van der Waals surface area contributed by atoms with Gasteiger partial charge in [0.2, 0.25) is 10.9 Å². The molecule has 7 atom stereocenters. The summed E-state index contributed by atoms with van der Waals surface area (Å²) in [6.45, 7) is 3.98. The van der Waals surface area contributed by atoms with Crippen LogP contribution >= 0.6 is 11.8 Å². The number of esters is 1. The van der Waals surface area contributed by atoms with Gasteiger partial charge in [-0.1, -0.05) is 36.3 Å². The molecule has 44 heavy (non-hydrogen) atoms. The molecule has 1 aromatic heterocycles. The maximum atomic E-state index is 13.9. The first kappa shape index (κ1) is 30.9. The van der Waals surface area contributed by atoms with Crippen molar-refractivity contribution in [3.63, 3.8) is 0 Å². The molecule has 1 aromatic carbocycles. The van der Waals surface area contributed by atoms with Crippen LogP contribution in [-0.4, -0.2) is 56.7 Å². The standard InChI is InChI=1S/C33H38FN3O6S/c1-31-16-19(18-35)25(37-22-6-4-21(34)5-7-22)15-20(31)3-8-23-24-9-11-33(30(41)44-14-13-38,32(24,2)17-26(39)28(23)31)42-29(40)27-10-12-36-43-27/h4-7,10,12,15,18,23-24,26,28,35,37-39H,3,8-9,11,13-14,16-17H2,1-2H3/p+1/t23-,24?,26-,28?,31-,32-,33-/m0/s1. The third-order valence-corrected chi connectivity index (χ3v) is 12.0. The number of hydrogen-bond donors (Lipinski definition) is 4. The first-order valence-corrected chi connectivity index (χ1v) is 16.2. The number of nitrogens with two attached hydrogens (primary N) is 1. The van der Waals surface area contributed by atoms with Gasteiger partial charge in [-0.3, -0.25) is 10.1 Å². The molecule has 4 aliphatic carbocycles. The summed E-state index contributed by atoms with van der Waals surface area (Å²) < 4.78 is 24.7. The highest BCUT2D eigenvalue weighted by molar-refractivity contribution is 8.13. The van der Waals surface area contributed by atoms with Gasteiger partial charge < -0.3 is 24.9 Å². The van der Waals surface area contributed by atoms with Crippen molar-refractivity contribution >= 4 is 34.7 Å². The van der Waals surface area contributed by atoms with Crippen molar-refractivity contribution < 1.29 is 38.8 Å². The SMILES string of the molecule is C[C@]12CC(C=N)=C([NH2+]c3ccc(F)cc3)C=C1CC[C@@H]1C2[C@@H](O)C[C@@]2(C)C1CC[C@]2(OC(=O)c1ccno1)C(=O)SCCO. The molecule has 0 saturated heterocycles. The zero-order valence-electron chi connectivity index (χ0n) is 24.9. The van der Waals surface area contributed by atoms with Crippen LogP contribution in [0.5, 0.6) is 0 Å². The number of carbonyl (C=O) groups is 2. The number of ether oxygens (including phenoxy) is 1. The van der Waals surface area contributed by atoms with E-state index in [9.17, 15) is 24.2 Å². The Bertz CT molecular complexity index is 1510. The second-order valence-electron chi connectivity index (χ2n) is 13.1. The molecule has 1 heterocycles. The molecule has 4 aliphatic rings. The van der Waals surface area contributed by atoms with E-state index in [1.54, 1.807) is 12.1 Å². The molecule has 2 aromatic rings. The van der Waals surface area contributed by atoms with E-state index in [-0.39, 0.29) is 53.2 Å². The Labute approximate surface area is 259 Å². The van der Waals surface area contributed by atoms with Crippen molar-refractivity contribution in [1.82, 2.24) is 5.16 Å². The molecule has 0 radical (unpaired) electrons. The van der Waals surface area contributed by atoms with E-state index >= 15 is 0 Å². The first-order chi connectivity index (χ1) is 21.1. The number of nitrogens with one attached hydrogen (secondary N) is 1. The Morgan fingerprint density at radius 2 is 2.02 bits per heavy atom. The van der Waals surface area contributed by atoms with E-state index in [0.717, 1.165) is 41.6 Å². The number of quaternary nitrogens is 1. The molecule has 11 heteroatoms. The summed E-state index contributed by atoms with van der Waals surface area (Å²) >= 11 is 0.961. The van der Waals surface area contributed by atoms with Crippen LogP contribution in [0, 0.1) is 39.8 Å². The molecule has 3 saturated carbocycles. The minimum absolute atomic E-state index is 0.00932.